The van der Waals surface area contributed by atoms with Crippen molar-refractivity contribution in [2.24, 2.45) is 0 Å². The molecule has 0 aromatic heterocycles. The molecule has 0 saturated heterocycles. The zero-order valence-corrected chi connectivity index (χ0v) is 13.4. The Bertz CT molecular complexity index is 517. The van der Waals surface area contributed by atoms with Crippen LogP contribution in [0.25, 0.3) is 0 Å². The zero-order chi connectivity index (χ0) is 16.3. The van der Waals surface area contributed by atoms with E-state index in [1.165, 1.54) is 11.1 Å². The quantitative estimate of drug-likeness (QED) is 0.523. The molecule has 122 valence electrons. The fraction of sp³-hybridized carbons (Fsp3) is 0.300. The Morgan fingerprint density at radius 1 is 0.957 bits per heavy atom. The summed E-state index contributed by atoms with van der Waals surface area (Å²) in [5, 5.41) is 13.0. The number of benzene rings is 2. The zero-order valence-electron chi connectivity index (χ0n) is 13.4. The molecule has 3 heteroatoms. The van der Waals surface area contributed by atoms with E-state index in [-0.39, 0.29) is 5.92 Å². The number of aliphatic hydroxyl groups excluding tert-OH is 1. The Morgan fingerprint density at radius 3 is 2.04 bits per heavy atom. The maximum atomic E-state index is 9.91. The van der Waals surface area contributed by atoms with Gasteiger partial charge in [0.1, 0.15) is 0 Å². The van der Waals surface area contributed by atoms with Gasteiger partial charge in [-0.3, -0.25) is 0 Å². The first-order chi connectivity index (χ1) is 11.3. The molecule has 2 rings (SSSR count). The van der Waals surface area contributed by atoms with Crippen LogP contribution in [0, 0.1) is 0 Å². The molecular weight excluding hydrogens is 286 g/mol. The summed E-state index contributed by atoms with van der Waals surface area (Å²) in [6.45, 7) is 5.70. The maximum absolute atomic E-state index is 9.91. The molecule has 0 saturated carbocycles. The second kappa shape index (κ2) is 9.95. The van der Waals surface area contributed by atoms with Gasteiger partial charge in [0.15, 0.2) is 0 Å². The van der Waals surface area contributed by atoms with Gasteiger partial charge in [-0.15, -0.1) is 6.58 Å². The van der Waals surface area contributed by atoms with E-state index in [9.17, 15) is 5.11 Å². The van der Waals surface area contributed by atoms with E-state index in [2.05, 4.69) is 36.2 Å². The third-order valence-electron chi connectivity index (χ3n) is 3.67. The van der Waals surface area contributed by atoms with Crippen LogP contribution in [-0.2, 0) is 4.74 Å². The van der Waals surface area contributed by atoms with Crippen molar-refractivity contribution >= 4 is 0 Å². The summed E-state index contributed by atoms with van der Waals surface area (Å²) in [6.07, 6.45) is 1.26. The minimum Gasteiger partial charge on any atom is -0.389 e. The Labute approximate surface area is 138 Å². The second-order valence-electron chi connectivity index (χ2n) is 5.51. The largest absolute Gasteiger partial charge is 0.389 e. The smallest absolute Gasteiger partial charge is 0.0897 e. The molecular formula is C20H25NO2. The number of rotatable bonds is 10. The normalized spacial score (nSPS) is 12.3. The monoisotopic (exact) mass is 311 g/mol. The van der Waals surface area contributed by atoms with Crippen LogP contribution in [0.1, 0.15) is 17.0 Å². The fourth-order valence-electron chi connectivity index (χ4n) is 2.49. The fourth-order valence-corrected chi connectivity index (χ4v) is 2.49. The highest BCUT2D eigenvalue weighted by Gasteiger charge is 2.15. The van der Waals surface area contributed by atoms with Crippen LogP contribution in [0.3, 0.4) is 0 Å². The van der Waals surface area contributed by atoms with Crippen LogP contribution < -0.4 is 5.32 Å². The van der Waals surface area contributed by atoms with Crippen LogP contribution in [0.5, 0.6) is 0 Å². The van der Waals surface area contributed by atoms with Gasteiger partial charge in [0.2, 0.25) is 0 Å². The highest BCUT2D eigenvalue weighted by molar-refractivity contribution is 5.32. The van der Waals surface area contributed by atoms with Gasteiger partial charge in [0, 0.05) is 19.0 Å². The first kappa shape index (κ1) is 17.4. The van der Waals surface area contributed by atoms with E-state index >= 15 is 0 Å². The van der Waals surface area contributed by atoms with E-state index in [0.717, 1.165) is 0 Å². The Kier molecular flexibility index (Phi) is 7.54. The van der Waals surface area contributed by atoms with E-state index < -0.39 is 6.10 Å². The Balaban J connectivity index is 1.93. The molecule has 2 aromatic carbocycles. The van der Waals surface area contributed by atoms with E-state index in [4.69, 9.17) is 4.74 Å². The summed E-state index contributed by atoms with van der Waals surface area (Å²) in [4.78, 5) is 0. The molecule has 0 aliphatic rings. The SMILES string of the molecule is C=CCNC[C@@H](O)COCC(c1ccccc1)c1ccccc1. The Morgan fingerprint density at radius 2 is 1.52 bits per heavy atom. The van der Waals surface area contributed by atoms with E-state index in [0.29, 0.717) is 26.3 Å². The predicted molar refractivity (Wildman–Crippen MR) is 94.6 cm³/mol. The van der Waals surface area contributed by atoms with Gasteiger partial charge < -0.3 is 15.2 Å². The molecule has 0 unspecified atom stereocenters. The minimum absolute atomic E-state index is 0.172. The van der Waals surface area contributed by atoms with Crippen molar-refractivity contribution in [3.05, 3.63) is 84.4 Å². The first-order valence-electron chi connectivity index (χ1n) is 7.98. The van der Waals surface area contributed by atoms with Crippen molar-refractivity contribution < 1.29 is 9.84 Å². The Hall–Kier alpha value is -1.94. The molecule has 23 heavy (non-hydrogen) atoms. The highest BCUT2D eigenvalue weighted by Crippen LogP contribution is 2.24. The third kappa shape index (κ3) is 5.99. The van der Waals surface area contributed by atoms with Gasteiger partial charge >= 0.3 is 0 Å². The topological polar surface area (TPSA) is 41.5 Å². The number of hydrogen-bond donors (Lipinski definition) is 2. The van der Waals surface area contributed by atoms with Crippen LogP contribution in [0.15, 0.2) is 73.3 Å². The van der Waals surface area contributed by atoms with Gasteiger partial charge in [0.25, 0.3) is 0 Å². The summed E-state index contributed by atoms with van der Waals surface area (Å²) in [5.41, 5.74) is 2.44. The average Bonchev–Trinajstić information content (AvgIpc) is 2.60. The first-order valence-corrected chi connectivity index (χ1v) is 7.98. The lowest BCUT2D eigenvalue weighted by Crippen LogP contribution is -2.31. The van der Waals surface area contributed by atoms with Gasteiger partial charge in [-0.05, 0) is 11.1 Å². The van der Waals surface area contributed by atoms with Crippen molar-refractivity contribution in [3.8, 4) is 0 Å². The predicted octanol–water partition coefficient (Wildman–Crippen LogP) is 2.97. The van der Waals surface area contributed by atoms with Gasteiger partial charge in [-0.1, -0.05) is 66.7 Å². The van der Waals surface area contributed by atoms with Crippen molar-refractivity contribution in [3.63, 3.8) is 0 Å². The molecule has 0 bridgehead atoms. The molecule has 0 radical (unpaired) electrons. The molecule has 0 heterocycles. The van der Waals surface area contributed by atoms with Crippen molar-refractivity contribution in [2.45, 2.75) is 12.0 Å². The third-order valence-corrected chi connectivity index (χ3v) is 3.67. The summed E-state index contributed by atoms with van der Waals surface area (Å²) in [5.74, 6) is 0.172. The number of nitrogens with one attached hydrogen (secondary N) is 1. The van der Waals surface area contributed by atoms with Crippen LogP contribution in [0.2, 0.25) is 0 Å². The average molecular weight is 311 g/mol. The number of aliphatic hydroxyl groups is 1. The van der Waals surface area contributed by atoms with Crippen LogP contribution in [0.4, 0.5) is 0 Å². The molecule has 0 aliphatic heterocycles. The summed E-state index contributed by atoms with van der Waals surface area (Å²) < 4.78 is 5.78. The molecule has 2 N–H and O–H groups in total. The molecule has 1 atom stereocenters. The molecule has 0 amide bonds. The van der Waals surface area contributed by atoms with Crippen LogP contribution in [-0.4, -0.2) is 37.5 Å². The van der Waals surface area contributed by atoms with Gasteiger partial charge in [-0.2, -0.15) is 0 Å². The van der Waals surface area contributed by atoms with E-state index in [1.54, 1.807) is 6.08 Å². The van der Waals surface area contributed by atoms with Crippen molar-refractivity contribution in [1.82, 2.24) is 5.32 Å². The summed E-state index contributed by atoms with van der Waals surface area (Å²) >= 11 is 0. The summed E-state index contributed by atoms with van der Waals surface area (Å²) in [6, 6.07) is 20.7. The lowest BCUT2D eigenvalue weighted by Gasteiger charge is -2.19. The highest BCUT2D eigenvalue weighted by atomic mass is 16.5. The van der Waals surface area contributed by atoms with Crippen molar-refractivity contribution in [2.75, 3.05) is 26.3 Å². The van der Waals surface area contributed by atoms with Gasteiger partial charge in [0.05, 0.1) is 19.3 Å². The molecule has 3 nitrogen and oxygen atoms in total. The molecule has 0 spiro atoms. The number of hydrogen-bond acceptors (Lipinski definition) is 3. The molecule has 0 fully saturated rings. The van der Waals surface area contributed by atoms with E-state index in [1.807, 2.05) is 36.4 Å². The molecule has 0 aliphatic carbocycles. The molecule has 2 aromatic rings. The number of ether oxygens (including phenoxy) is 1. The minimum atomic E-state index is -0.512. The second-order valence-corrected chi connectivity index (χ2v) is 5.51. The summed E-state index contributed by atoms with van der Waals surface area (Å²) in [7, 11) is 0. The van der Waals surface area contributed by atoms with Crippen molar-refractivity contribution in [1.29, 1.82) is 0 Å². The van der Waals surface area contributed by atoms with Crippen LogP contribution >= 0.6 is 0 Å². The maximum Gasteiger partial charge on any atom is 0.0897 e. The lowest BCUT2D eigenvalue weighted by molar-refractivity contribution is 0.0345. The standard InChI is InChI=1S/C20H25NO2/c1-2-13-21-14-19(22)15-23-16-20(17-9-5-3-6-10-17)18-11-7-4-8-12-18/h2-12,19-22H,1,13-16H2/t19-/m1/s1. The lowest BCUT2D eigenvalue weighted by atomic mass is 9.92. The van der Waals surface area contributed by atoms with Gasteiger partial charge in [-0.25, -0.2) is 0 Å².